The fourth-order valence-electron chi connectivity index (χ4n) is 0.614. The average Bonchev–Trinajstić information content (AvgIpc) is 1.95. The Hall–Kier alpha value is -0.410. The van der Waals surface area contributed by atoms with Crippen LogP contribution in [0.15, 0.2) is 28.7 Å². The summed E-state index contributed by atoms with van der Waals surface area (Å²) in [4.78, 5) is 0. The summed E-state index contributed by atoms with van der Waals surface area (Å²) in [5.74, 6) is 0. The molecule has 0 radical (unpaired) electrons. The first-order valence-corrected chi connectivity index (χ1v) is 4.05. The highest BCUT2D eigenvalue weighted by Gasteiger charge is 1.86. The number of nitrogens with one attached hydrogen (secondary N) is 1. The molecule has 1 rings (SSSR count). The minimum atomic E-state index is 1.01. The van der Waals surface area contributed by atoms with E-state index in [1.807, 2.05) is 24.3 Å². The van der Waals surface area contributed by atoms with E-state index in [9.17, 15) is 0 Å². The topological polar surface area (TPSA) is 12.0 Å². The van der Waals surface area contributed by atoms with Crippen LogP contribution in [0.4, 0.5) is 5.69 Å². The van der Waals surface area contributed by atoms with Gasteiger partial charge in [-0.15, -0.1) is 0 Å². The van der Waals surface area contributed by atoms with E-state index in [4.69, 9.17) is 0 Å². The van der Waals surface area contributed by atoms with Gasteiger partial charge in [0.15, 0.2) is 0 Å². The first kappa shape index (κ1) is 7.69. The molecule has 0 saturated carbocycles. The second-order valence-electron chi connectivity index (χ2n) is 1.77. The summed E-state index contributed by atoms with van der Waals surface area (Å²) in [5.41, 5.74) is 2.50. The molecule has 0 aliphatic carbocycles. The van der Waals surface area contributed by atoms with Crippen LogP contribution in [0, 0.1) is 0 Å². The van der Waals surface area contributed by atoms with Gasteiger partial charge in [-0.3, -0.25) is 0 Å². The van der Waals surface area contributed by atoms with Crippen LogP contribution in [0.25, 0.3) is 0 Å². The van der Waals surface area contributed by atoms with Crippen LogP contribution in [-0.2, 0) is 0 Å². The van der Waals surface area contributed by atoms with Crippen molar-refractivity contribution in [1.82, 2.24) is 0 Å². The standard InChI is InChI=1S/C7H6BrNS/c8-6-1-3-7(4-2-6)9-5-10/h1-5H,(H,9,10). The van der Waals surface area contributed by atoms with E-state index in [2.05, 4.69) is 33.5 Å². The molecule has 0 heterocycles. The lowest BCUT2D eigenvalue weighted by atomic mass is 10.3. The molecule has 3 heteroatoms. The van der Waals surface area contributed by atoms with Gasteiger partial charge < -0.3 is 5.32 Å². The number of hydrogen-bond donors (Lipinski definition) is 1. The Bertz CT molecular complexity index is 220. The summed E-state index contributed by atoms with van der Waals surface area (Å²) in [6.07, 6.45) is 0. The van der Waals surface area contributed by atoms with Gasteiger partial charge in [0.05, 0.1) is 5.49 Å². The molecule has 0 spiro atoms. The van der Waals surface area contributed by atoms with Crippen molar-refractivity contribution in [3.8, 4) is 0 Å². The Morgan fingerprint density at radius 2 is 1.90 bits per heavy atom. The van der Waals surface area contributed by atoms with Gasteiger partial charge in [-0.25, -0.2) is 0 Å². The second-order valence-corrected chi connectivity index (χ2v) is 2.92. The Morgan fingerprint density at radius 1 is 1.30 bits per heavy atom. The molecular weight excluding hydrogens is 210 g/mol. The van der Waals surface area contributed by atoms with Crippen molar-refractivity contribution in [3.05, 3.63) is 28.7 Å². The summed E-state index contributed by atoms with van der Waals surface area (Å²) >= 11 is 7.95. The van der Waals surface area contributed by atoms with Gasteiger partial charge in [0.25, 0.3) is 0 Å². The van der Waals surface area contributed by atoms with Crippen LogP contribution in [0.2, 0.25) is 0 Å². The SMILES string of the molecule is S=CNc1ccc(Br)cc1. The predicted octanol–water partition coefficient (Wildman–Crippen LogP) is 2.82. The lowest BCUT2D eigenvalue weighted by Crippen LogP contribution is -1.89. The van der Waals surface area contributed by atoms with E-state index in [0.717, 1.165) is 10.2 Å². The van der Waals surface area contributed by atoms with Crippen LogP contribution in [0.3, 0.4) is 0 Å². The molecule has 0 fully saturated rings. The third kappa shape index (κ3) is 2.08. The Labute approximate surface area is 73.6 Å². The maximum absolute atomic E-state index is 4.62. The summed E-state index contributed by atoms with van der Waals surface area (Å²) in [7, 11) is 0. The first-order chi connectivity index (χ1) is 4.83. The molecule has 1 aromatic rings. The van der Waals surface area contributed by atoms with Crippen molar-refractivity contribution in [3.63, 3.8) is 0 Å². The Balaban J connectivity index is 2.78. The maximum Gasteiger partial charge on any atom is 0.0658 e. The second kappa shape index (κ2) is 3.68. The van der Waals surface area contributed by atoms with Gasteiger partial charge >= 0.3 is 0 Å². The first-order valence-electron chi connectivity index (χ1n) is 2.78. The van der Waals surface area contributed by atoms with Gasteiger partial charge in [-0.05, 0) is 24.3 Å². The molecule has 1 N–H and O–H groups in total. The van der Waals surface area contributed by atoms with Crippen LogP contribution in [0.5, 0.6) is 0 Å². The third-order valence-electron chi connectivity index (χ3n) is 1.07. The summed E-state index contributed by atoms with van der Waals surface area (Å²) in [5, 5.41) is 2.90. The van der Waals surface area contributed by atoms with Crippen LogP contribution < -0.4 is 5.32 Å². The van der Waals surface area contributed by atoms with Crippen molar-refractivity contribution in [1.29, 1.82) is 0 Å². The normalized spacial score (nSPS) is 8.90. The molecule has 1 aromatic carbocycles. The van der Waals surface area contributed by atoms with Crippen LogP contribution >= 0.6 is 28.1 Å². The zero-order chi connectivity index (χ0) is 7.40. The molecule has 1 nitrogen and oxygen atoms in total. The van der Waals surface area contributed by atoms with Crippen LogP contribution in [-0.4, -0.2) is 5.49 Å². The molecule has 10 heavy (non-hydrogen) atoms. The zero-order valence-corrected chi connectivity index (χ0v) is 7.58. The van der Waals surface area contributed by atoms with E-state index in [-0.39, 0.29) is 0 Å². The molecule has 0 aliphatic rings. The van der Waals surface area contributed by atoms with Crippen molar-refractivity contribution < 1.29 is 0 Å². The van der Waals surface area contributed by atoms with E-state index in [1.165, 1.54) is 5.49 Å². The van der Waals surface area contributed by atoms with Gasteiger partial charge in [0, 0.05) is 10.2 Å². The summed E-state index contributed by atoms with van der Waals surface area (Å²) in [6.45, 7) is 0. The van der Waals surface area contributed by atoms with Gasteiger partial charge in [0.2, 0.25) is 0 Å². The molecule has 0 aromatic heterocycles. The highest BCUT2D eigenvalue weighted by Crippen LogP contribution is 2.13. The van der Waals surface area contributed by atoms with Crippen molar-refractivity contribution in [2.75, 3.05) is 5.32 Å². The number of anilines is 1. The van der Waals surface area contributed by atoms with E-state index < -0.39 is 0 Å². The largest absolute Gasteiger partial charge is 0.353 e. The summed E-state index contributed by atoms with van der Waals surface area (Å²) in [6, 6.07) is 7.82. The molecular formula is C7H6BrNS. The van der Waals surface area contributed by atoms with Gasteiger partial charge in [-0.1, -0.05) is 28.1 Å². The number of benzene rings is 1. The van der Waals surface area contributed by atoms with Crippen molar-refractivity contribution >= 4 is 39.3 Å². The van der Waals surface area contributed by atoms with E-state index in [0.29, 0.717) is 0 Å². The minimum absolute atomic E-state index is 1.01. The smallest absolute Gasteiger partial charge is 0.0658 e. The van der Waals surface area contributed by atoms with Crippen molar-refractivity contribution in [2.24, 2.45) is 0 Å². The fourth-order valence-corrected chi connectivity index (χ4v) is 1.01. The molecule has 0 bridgehead atoms. The number of rotatable bonds is 2. The Morgan fingerprint density at radius 3 is 2.40 bits per heavy atom. The van der Waals surface area contributed by atoms with Crippen LogP contribution in [0.1, 0.15) is 0 Å². The number of hydrogen-bond acceptors (Lipinski definition) is 1. The van der Waals surface area contributed by atoms with Crippen molar-refractivity contribution in [2.45, 2.75) is 0 Å². The molecule has 0 amide bonds. The Kier molecular flexibility index (Phi) is 2.83. The quantitative estimate of drug-likeness (QED) is 0.763. The maximum atomic E-state index is 4.62. The highest BCUT2D eigenvalue weighted by atomic mass is 79.9. The highest BCUT2D eigenvalue weighted by molar-refractivity contribution is 9.10. The fraction of sp³-hybridized carbons (Fsp3) is 0. The number of thiocarbonyl (C=S) groups is 1. The molecule has 0 unspecified atom stereocenters. The molecule has 0 saturated heterocycles. The third-order valence-corrected chi connectivity index (χ3v) is 1.72. The lowest BCUT2D eigenvalue weighted by Gasteiger charge is -1.97. The number of halogens is 1. The minimum Gasteiger partial charge on any atom is -0.353 e. The lowest BCUT2D eigenvalue weighted by molar-refractivity contribution is 1.62. The monoisotopic (exact) mass is 215 g/mol. The van der Waals surface area contributed by atoms with Gasteiger partial charge in [-0.2, -0.15) is 0 Å². The zero-order valence-electron chi connectivity index (χ0n) is 5.17. The molecule has 0 atom stereocenters. The summed E-state index contributed by atoms with van der Waals surface area (Å²) < 4.78 is 1.07. The van der Waals surface area contributed by atoms with Gasteiger partial charge in [0.1, 0.15) is 0 Å². The van der Waals surface area contributed by atoms with E-state index >= 15 is 0 Å². The molecule has 52 valence electrons. The molecule has 0 aliphatic heterocycles. The van der Waals surface area contributed by atoms with E-state index in [1.54, 1.807) is 0 Å². The average molecular weight is 216 g/mol. The predicted molar refractivity (Wildman–Crippen MR) is 51.4 cm³/mol.